The van der Waals surface area contributed by atoms with Crippen LogP contribution in [0.5, 0.6) is 0 Å². The minimum atomic E-state index is -0.229. The molecular weight excluding hydrogens is 262 g/mol. The van der Waals surface area contributed by atoms with Crippen molar-refractivity contribution in [2.24, 2.45) is 5.73 Å². The maximum atomic E-state index is 11.1. The molecule has 0 saturated carbocycles. The average Bonchev–Trinajstić information content (AvgIpc) is 2.72. The first-order chi connectivity index (χ1) is 7.66. The molecule has 17 heavy (non-hydrogen) atoms. The first-order valence-electron chi connectivity index (χ1n) is 5.64. The number of halogens is 1. The second kappa shape index (κ2) is 6.35. The standard InChI is InChI=1S/C10H17N3O2S.ClH/c11-8(14)4-2-1-3-7-9-6(5-16-7)12-10(15)13-9;/h6-7,9H,1-5H2,(H2,11,14)(H2,12,13,15);1H/t6-,7-,9-;/m0./s1. The van der Waals surface area contributed by atoms with Crippen molar-refractivity contribution in [3.63, 3.8) is 0 Å². The van der Waals surface area contributed by atoms with Gasteiger partial charge in [0, 0.05) is 17.4 Å². The molecule has 0 spiro atoms. The van der Waals surface area contributed by atoms with Crippen molar-refractivity contribution in [3.05, 3.63) is 0 Å². The highest BCUT2D eigenvalue weighted by Crippen LogP contribution is 2.33. The number of urea groups is 1. The van der Waals surface area contributed by atoms with Gasteiger partial charge >= 0.3 is 6.03 Å². The van der Waals surface area contributed by atoms with Crippen LogP contribution in [-0.2, 0) is 4.79 Å². The summed E-state index contributed by atoms with van der Waals surface area (Å²) in [4.78, 5) is 21.7. The van der Waals surface area contributed by atoms with Crippen molar-refractivity contribution in [3.8, 4) is 0 Å². The van der Waals surface area contributed by atoms with E-state index in [1.807, 2.05) is 11.8 Å². The van der Waals surface area contributed by atoms with Crippen LogP contribution in [0.15, 0.2) is 0 Å². The van der Waals surface area contributed by atoms with Gasteiger partial charge in [-0.15, -0.1) is 12.4 Å². The van der Waals surface area contributed by atoms with Crippen molar-refractivity contribution in [1.29, 1.82) is 0 Å². The highest BCUT2D eigenvalue weighted by atomic mass is 35.5. The maximum Gasteiger partial charge on any atom is 0.315 e. The van der Waals surface area contributed by atoms with Crippen LogP contribution in [0.25, 0.3) is 0 Å². The first-order valence-corrected chi connectivity index (χ1v) is 6.68. The molecule has 5 nitrogen and oxygen atoms in total. The summed E-state index contributed by atoms with van der Waals surface area (Å²) >= 11 is 1.90. The van der Waals surface area contributed by atoms with Gasteiger partial charge in [-0.2, -0.15) is 11.8 Å². The molecule has 0 aromatic heterocycles. The van der Waals surface area contributed by atoms with Crippen molar-refractivity contribution in [2.75, 3.05) is 5.75 Å². The summed E-state index contributed by atoms with van der Waals surface area (Å²) < 4.78 is 0. The zero-order chi connectivity index (χ0) is 11.5. The number of primary amides is 1. The van der Waals surface area contributed by atoms with Crippen LogP contribution in [0.2, 0.25) is 0 Å². The number of rotatable bonds is 5. The molecule has 2 saturated heterocycles. The number of thioether (sulfide) groups is 1. The SMILES string of the molecule is Cl.NC(=O)CCCC[C@@H]1SC[C@@H]2NC(=O)N[C@@H]21. The van der Waals surface area contributed by atoms with Crippen molar-refractivity contribution >= 4 is 36.1 Å². The van der Waals surface area contributed by atoms with Gasteiger partial charge in [0.05, 0.1) is 12.1 Å². The molecule has 3 amide bonds. The van der Waals surface area contributed by atoms with E-state index in [1.54, 1.807) is 0 Å². The topological polar surface area (TPSA) is 84.2 Å². The number of hydrogen-bond acceptors (Lipinski definition) is 3. The zero-order valence-corrected chi connectivity index (χ0v) is 11.1. The van der Waals surface area contributed by atoms with Crippen LogP contribution >= 0.6 is 24.2 Å². The number of fused-ring (bicyclic) bond motifs is 1. The van der Waals surface area contributed by atoms with E-state index >= 15 is 0 Å². The Bertz CT molecular complexity index is 303. The molecule has 2 fully saturated rings. The van der Waals surface area contributed by atoms with Gasteiger partial charge in [-0.05, 0) is 12.8 Å². The number of unbranched alkanes of at least 4 members (excludes halogenated alkanes) is 1. The summed E-state index contributed by atoms with van der Waals surface area (Å²) in [6.45, 7) is 0. The largest absolute Gasteiger partial charge is 0.370 e. The van der Waals surface area contributed by atoms with Gasteiger partial charge in [0.15, 0.2) is 0 Å². The van der Waals surface area contributed by atoms with Crippen LogP contribution in [0.4, 0.5) is 4.79 Å². The van der Waals surface area contributed by atoms with Crippen molar-refractivity contribution in [2.45, 2.75) is 43.0 Å². The molecule has 98 valence electrons. The molecule has 0 aromatic rings. The van der Waals surface area contributed by atoms with Gasteiger partial charge in [0.1, 0.15) is 0 Å². The monoisotopic (exact) mass is 279 g/mol. The Labute approximate surface area is 111 Å². The highest BCUT2D eigenvalue weighted by molar-refractivity contribution is 8.00. The molecule has 0 bridgehead atoms. The van der Waals surface area contributed by atoms with Gasteiger partial charge in [0.2, 0.25) is 5.91 Å². The molecule has 2 aliphatic heterocycles. The first kappa shape index (κ1) is 14.4. The lowest BCUT2D eigenvalue weighted by Gasteiger charge is -2.16. The van der Waals surface area contributed by atoms with E-state index < -0.39 is 0 Å². The van der Waals surface area contributed by atoms with Gasteiger partial charge in [0.25, 0.3) is 0 Å². The van der Waals surface area contributed by atoms with E-state index in [4.69, 9.17) is 5.73 Å². The number of amides is 3. The highest BCUT2D eigenvalue weighted by Gasteiger charge is 2.42. The second-order valence-corrected chi connectivity index (χ2v) is 5.61. The lowest BCUT2D eigenvalue weighted by Crippen LogP contribution is -2.36. The molecule has 2 aliphatic rings. The summed E-state index contributed by atoms with van der Waals surface area (Å²) in [5.74, 6) is 0.761. The van der Waals surface area contributed by atoms with Crippen molar-refractivity contribution < 1.29 is 9.59 Å². The van der Waals surface area contributed by atoms with E-state index in [2.05, 4.69) is 10.6 Å². The fourth-order valence-corrected chi connectivity index (χ4v) is 3.83. The summed E-state index contributed by atoms with van der Waals surface area (Å²) in [7, 11) is 0. The number of nitrogens with one attached hydrogen (secondary N) is 2. The molecule has 0 aliphatic carbocycles. The number of carbonyl (C=O) groups excluding carboxylic acids is 2. The lowest BCUT2D eigenvalue weighted by atomic mass is 10.0. The minimum absolute atomic E-state index is 0. The van der Waals surface area contributed by atoms with E-state index in [0.717, 1.165) is 25.0 Å². The number of carbonyl (C=O) groups is 2. The molecule has 2 rings (SSSR count). The van der Waals surface area contributed by atoms with Gasteiger partial charge in [-0.3, -0.25) is 4.79 Å². The van der Waals surface area contributed by atoms with E-state index in [1.165, 1.54) is 0 Å². The summed E-state index contributed by atoms with van der Waals surface area (Å²) in [5.41, 5.74) is 5.08. The molecule has 0 unspecified atom stereocenters. The smallest absolute Gasteiger partial charge is 0.315 e. The number of nitrogens with two attached hydrogens (primary N) is 1. The van der Waals surface area contributed by atoms with Crippen LogP contribution in [0, 0.1) is 0 Å². The Morgan fingerprint density at radius 3 is 2.88 bits per heavy atom. The predicted octanol–water partition coefficient (Wildman–Crippen LogP) is 0.619. The third kappa shape index (κ3) is 3.67. The Balaban J connectivity index is 0.00000144. The molecule has 7 heteroatoms. The Hall–Kier alpha value is -0.620. The van der Waals surface area contributed by atoms with Crippen LogP contribution < -0.4 is 16.4 Å². The average molecular weight is 280 g/mol. The van der Waals surface area contributed by atoms with Crippen LogP contribution in [0.1, 0.15) is 25.7 Å². The second-order valence-electron chi connectivity index (χ2n) is 4.33. The molecule has 2 heterocycles. The third-order valence-electron chi connectivity index (χ3n) is 3.10. The van der Waals surface area contributed by atoms with Crippen LogP contribution in [0.3, 0.4) is 0 Å². The Morgan fingerprint density at radius 1 is 1.41 bits per heavy atom. The van der Waals surface area contributed by atoms with E-state index in [-0.39, 0.29) is 30.4 Å². The van der Waals surface area contributed by atoms with Gasteiger partial charge in [-0.25, -0.2) is 4.79 Å². The number of hydrogen-bond donors (Lipinski definition) is 3. The normalized spacial score (nSPS) is 30.1. The fourth-order valence-electron chi connectivity index (χ4n) is 2.29. The van der Waals surface area contributed by atoms with Gasteiger partial charge < -0.3 is 16.4 Å². The predicted molar refractivity (Wildman–Crippen MR) is 70.4 cm³/mol. The maximum absolute atomic E-state index is 11.1. The third-order valence-corrected chi connectivity index (χ3v) is 4.61. The zero-order valence-electron chi connectivity index (χ0n) is 9.48. The molecule has 3 atom stereocenters. The fraction of sp³-hybridized carbons (Fsp3) is 0.800. The molecule has 0 radical (unpaired) electrons. The van der Waals surface area contributed by atoms with E-state index in [9.17, 15) is 9.59 Å². The molecule has 4 N–H and O–H groups in total. The summed E-state index contributed by atoms with van der Waals surface area (Å²) in [6, 6.07) is 0.516. The van der Waals surface area contributed by atoms with Crippen molar-refractivity contribution in [1.82, 2.24) is 10.6 Å². The molecular formula is C10H18ClN3O2S. The van der Waals surface area contributed by atoms with E-state index in [0.29, 0.717) is 17.7 Å². The summed E-state index contributed by atoms with van der Waals surface area (Å²) in [5, 5.41) is 6.35. The Kier molecular flexibility index (Phi) is 5.39. The quantitative estimate of drug-likeness (QED) is 0.509. The lowest BCUT2D eigenvalue weighted by molar-refractivity contribution is -0.118. The van der Waals surface area contributed by atoms with Crippen LogP contribution in [-0.4, -0.2) is 35.0 Å². The molecule has 0 aromatic carbocycles. The van der Waals surface area contributed by atoms with Gasteiger partial charge in [-0.1, -0.05) is 6.42 Å². The summed E-state index contributed by atoms with van der Waals surface area (Å²) in [6.07, 6.45) is 3.36. The minimum Gasteiger partial charge on any atom is -0.370 e. The Morgan fingerprint density at radius 2 is 2.18 bits per heavy atom.